The maximum atomic E-state index is 13.5. The first-order chi connectivity index (χ1) is 16.1. The average Bonchev–Trinajstić information content (AvgIpc) is 3.30. The van der Waals surface area contributed by atoms with Gasteiger partial charge in [-0.15, -0.1) is 0 Å². The number of aryl methyl sites for hydroxylation is 1. The third kappa shape index (κ3) is 4.30. The fourth-order valence-electron chi connectivity index (χ4n) is 4.83. The third-order valence-corrected chi connectivity index (χ3v) is 6.67. The number of Topliss-reactive ketones (excluding diaryl/α,β-unsaturated/α-hetero) is 1. The number of para-hydroxylation sites is 2. The Hall–Kier alpha value is -3.41. The lowest BCUT2D eigenvalue weighted by atomic mass is 9.92. The Morgan fingerprint density at radius 1 is 0.879 bits per heavy atom. The molecule has 168 valence electrons. The minimum Gasteiger partial charge on any atom is -0.383 e. The van der Waals surface area contributed by atoms with Gasteiger partial charge in [-0.3, -0.25) is 9.69 Å². The Morgan fingerprint density at radius 2 is 1.55 bits per heavy atom. The second-order valence-corrected chi connectivity index (χ2v) is 8.77. The molecule has 0 amide bonds. The lowest BCUT2D eigenvalue weighted by molar-refractivity contribution is 0.0366. The molecule has 5 nitrogen and oxygen atoms in total. The molecule has 33 heavy (non-hydrogen) atoms. The molecule has 0 spiro atoms. The number of aliphatic hydroxyl groups is 1. The summed E-state index contributed by atoms with van der Waals surface area (Å²) >= 11 is 0. The van der Waals surface area contributed by atoms with E-state index in [-0.39, 0.29) is 5.78 Å². The van der Waals surface area contributed by atoms with Crippen LogP contribution in [-0.2, 0) is 0 Å². The highest BCUT2D eigenvalue weighted by atomic mass is 16.3. The quantitative estimate of drug-likeness (QED) is 0.432. The number of rotatable bonds is 6. The number of hydrogen-bond donors (Lipinski definition) is 2. The molecule has 5 rings (SSSR count). The minimum absolute atomic E-state index is 0.247. The van der Waals surface area contributed by atoms with Crippen LogP contribution >= 0.6 is 0 Å². The Morgan fingerprint density at radius 3 is 2.27 bits per heavy atom. The summed E-state index contributed by atoms with van der Waals surface area (Å²) in [5.74, 6) is -0.247. The van der Waals surface area contributed by atoms with Crippen molar-refractivity contribution >= 4 is 22.4 Å². The van der Waals surface area contributed by atoms with Crippen LogP contribution in [0.3, 0.4) is 0 Å². The maximum absolute atomic E-state index is 13.5. The van der Waals surface area contributed by atoms with Gasteiger partial charge in [-0.2, -0.15) is 0 Å². The number of hydrogen-bond acceptors (Lipinski definition) is 4. The van der Waals surface area contributed by atoms with Gasteiger partial charge in [0.25, 0.3) is 0 Å². The zero-order chi connectivity index (χ0) is 22.8. The predicted molar refractivity (Wildman–Crippen MR) is 133 cm³/mol. The number of anilines is 1. The molecule has 0 bridgehead atoms. The van der Waals surface area contributed by atoms with Crippen molar-refractivity contribution in [3.63, 3.8) is 0 Å². The van der Waals surface area contributed by atoms with E-state index in [9.17, 15) is 9.90 Å². The molecule has 0 unspecified atom stereocenters. The van der Waals surface area contributed by atoms with E-state index in [0.29, 0.717) is 5.56 Å². The number of nitrogens with zero attached hydrogens (tertiary/aromatic N) is 2. The van der Waals surface area contributed by atoms with E-state index >= 15 is 0 Å². The zero-order valence-corrected chi connectivity index (χ0v) is 18.8. The van der Waals surface area contributed by atoms with Gasteiger partial charge in [0.1, 0.15) is 6.10 Å². The number of fused-ring (bicyclic) bond motifs is 1. The van der Waals surface area contributed by atoms with E-state index in [1.807, 2.05) is 61.5 Å². The summed E-state index contributed by atoms with van der Waals surface area (Å²) in [5, 5.41) is 12.3. The lowest BCUT2D eigenvalue weighted by Crippen LogP contribution is -2.51. The van der Waals surface area contributed by atoms with Crippen molar-refractivity contribution in [2.45, 2.75) is 19.1 Å². The van der Waals surface area contributed by atoms with Gasteiger partial charge in [0, 0.05) is 54.5 Å². The van der Waals surface area contributed by atoms with Gasteiger partial charge in [-0.25, -0.2) is 0 Å². The first-order valence-corrected chi connectivity index (χ1v) is 11.5. The Labute approximate surface area is 194 Å². The van der Waals surface area contributed by atoms with Crippen LogP contribution in [0.5, 0.6) is 0 Å². The highest BCUT2D eigenvalue weighted by Crippen LogP contribution is 2.30. The number of H-pyrrole nitrogens is 1. The van der Waals surface area contributed by atoms with E-state index in [1.54, 1.807) is 6.20 Å². The number of carbonyl (C=O) groups is 1. The van der Waals surface area contributed by atoms with Crippen molar-refractivity contribution in [2.24, 2.45) is 0 Å². The summed E-state index contributed by atoms with van der Waals surface area (Å²) in [5.41, 5.74) is 4.77. The molecule has 2 heterocycles. The van der Waals surface area contributed by atoms with Crippen molar-refractivity contribution < 1.29 is 9.90 Å². The van der Waals surface area contributed by atoms with Crippen LogP contribution in [0.2, 0.25) is 0 Å². The first-order valence-electron chi connectivity index (χ1n) is 11.5. The van der Waals surface area contributed by atoms with Crippen molar-refractivity contribution in [2.75, 3.05) is 31.1 Å². The number of aromatic amines is 1. The summed E-state index contributed by atoms with van der Waals surface area (Å²) in [6, 6.07) is 25.9. The monoisotopic (exact) mass is 439 g/mol. The molecular weight excluding hydrogens is 410 g/mol. The van der Waals surface area contributed by atoms with Crippen LogP contribution in [0.4, 0.5) is 5.69 Å². The summed E-state index contributed by atoms with van der Waals surface area (Å²) in [6.07, 6.45) is 0.561. The van der Waals surface area contributed by atoms with Gasteiger partial charge in [0.15, 0.2) is 5.78 Å². The molecule has 3 aromatic carbocycles. The van der Waals surface area contributed by atoms with E-state index in [2.05, 4.69) is 39.0 Å². The zero-order valence-electron chi connectivity index (χ0n) is 18.8. The lowest BCUT2D eigenvalue weighted by Gasteiger charge is -2.41. The fourth-order valence-corrected chi connectivity index (χ4v) is 4.83. The normalized spacial score (nSPS) is 16.6. The summed E-state index contributed by atoms with van der Waals surface area (Å²) < 4.78 is 0. The molecule has 5 heteroatoms. The van der Waals surface area contributed by atoms with Crippen molar-refractivity contribution in [1.29, 1.82) is 0 Å². The van der Waals surface area contributed by atoms with Gasteiger partial charge in [0.05, 0.1) is 6.04 Å². The number of piperazine rings is 1. The van der Waals surface area contributed by atoms with Crippen LogP contribution in [0.1, 0.15) is 27.5 Å². The van der Waals surface area contributed by atoms with Gasteiger partial charge in [0.2, 0.25) is 0 Å². The molecule has 0 aliphatic carbocycles. The summed E-state index contributed by atoms with van der Waals surface area (Å²) in [4.78, 5) is 21.3. The predicted octanol–water partition coefficient (Wildman–Crippen LogP) is 4.58. The molecule has 1 aliphatic rings. The van der Waals surface area contributed by atoms with Crippen LogP contribution in [-0.4, -0.2) is 53.1 Å². The minimum atomic E-state index is -1.16. The van der Waals surface area contributed by atoms with Crippen LogP contribution in [0, 0.1) is 6.92 Å². The third-order valence-electron chi connectivity index (χ3n) is 6.67. The molecular formula is C28H29N3O2. The number of ketones is 1. The SMILES string of the molecule is Cc1ccc([C@H]([C@@H](O)C(=O)c2c[nH]c3ccccc23)N2CCN(c3ccccc3)CC2)cc1. The second kappa shape index (κ2) is 9.22. The Kier molecular flexibility index (Phi) is 5.99. The molecule has 1 aromatic heterocycles. The second-order valence-electron chi connectivity index (χ2n) is 8.77. The van der Waals surface area contributed by atoms with Gasteiger partial charge in [-0.1, -0.05) is 66.2 Å². The van der Waals surface area contributed by atoms with E-state index in [4.69, 9.17) is 0 Å². The van der Waals surface area contributed by atoms with Crippen molar-refractivity contribution in [3.05, 3.63) is 102 Å². The average molecular weight is 440 g/mol. The molecule has 4 aromatic rings. The first kappa shape index (κ1) is 21.4. The van der Waals surface area contributed by atoms with Crippen LogP contribution in [0.15, 0.2) is 85.1 Å². The van der Waals surface area contributed by atoms with Crippen LogP contribution < -0.4 is 4.90 Å². The smallest absolute Gasteiger partial charge is 0.195 e. The number of nitrogens with one attached hydrogen (secondary N) is 1. The van der Waals surface area contributed by atoms with Gasteiger partial charge in [-0.05, 0) is 30.7 Å². The van der Waals surface area contributed by atoms with E-state index in [0.717, 1.165) is 48.2 Å². The topological polar surface area (TPSA) is 59.6 Å². The number of benzene rings is 3. The fraction of sp³-hybridized carbons (Fsp3) is 0.250. The van der Waals surface area contributed by atoms with Gasteiger partial charge >= 0.3 is 0 Å². The van der Waals surface area contributed by atoms with Crippen molar-refractivity contribution in [1.82, 2.24) is 9.88 Å². The highest BCUT2D eigenvalue weighted by Gasteiger charge is 2.35. The standard InChI is InChI=1S/C28H29N3O2/c1-20-11-13-21(14-12-20)26(31-17-15-30(16-18-31)22-7-3-2-4-8-22)28(33)27(32)24-19-29-25-10-6-5-9-23(24)25/h2-14,19,26,28-29,33H,15-18H2,1H3/t26-,28-/m1/s1. The number of aromatic nitrogens is 1. The Balaban J connectivity index is 1.42. The highest BCUT2D eigenvalue weighted by molar-refractivity contribution is 6.10. The molecule has 2 atom stereocenters. The van der Waals surface area contributed by atoms with Crippen LogP contribution in [0.25, 0.3) is 10.9 Å². The van der Waals surface area contributed by atoms with Gasteiger partial charge < -0.3 is 15.0 Å². The van der Waals surface area contributed by atoms with E-state index in [1.165, 1.54) is 5.69 Å². The number of aliphatic hydroxyl groups excluding tert-OH is 1. The molecule has 1 fully saturated rings. The van der Waals surface area contributed by atoms with Crippen molar-refractivity contribution in [3.8, 4) is 0 Å². The molecule has 1 saturated heterocycles. The largest absolute Gasteiger partial charge is 0.383 e. The number of carbonyl (C=O) groups excluding carboxylic acids is 1. The molecule has 0 saturated carbocycles. The summed E-state index contributed by atoms with van der Waals surface area (Å²) in [6.45, 7) is 5.28. The van der Waals surface area contributed by atoms with E-state index < -0.39 is 12.1 Å². The molecule has 0 radical (unpaired) electrons. The summed E-state index contributed by atoms with van der Waals surface area (Å²) in [7, 11) is 0. The molecule has 1 aliphatic heterocycles. The maximum Gasteiger partial charge on any atom is 0.195 e. The molecule has 2 N–H and O–H groups in total. The Bertz CT molecular complexity index is 1220.